The van der Waals surface area contributed by atoms with Crippen molar-refractivity contribution in [1.82, 2.24) is 25.5 Å². The maximum absolute atomic E-state index is 5.97. The van der Waals surface area contributed by atoms with Crippen LogP contribution in [0, 0.1) is 0 Å². The molecule has 0 aliphatic heterocycles. The topological polar surface area (TPSA) is 74.1 Å². The van der Waals surface area contributed by atoms with Gasteiger partial charge in [0.15, 0.2) is 11.5 Å². The quantitative estimate of drug-likeness (QED) is 0.638. The van der Waals surface area contributed by atoms with E-state index in [0.29, 0.717) is 18.1 Å². The van der Waals surface area contributed by atoms with Crippen LogP contribution in [-0.2, 0) is 6.54 Å². The lowest BCUT2D eigenvalue weighted by molar-refractivity contribution is 0.314. The molecule has 1 heterocycles. The normalized spacial score (nSPS) is 11.0. The first-order valence-electron chi connectivity index (χ1n) is 8.98. The molecule has 0 saturated heterocycles. The number of halogens is 1. The summed E-state index contributed by atoms with van der Waals surface area (Å²) in [6.07, 6.45) is 0. The van der Waals surface area contributed by atoms with Gasteiger partial charge in [-0.25, -0.2) is 0 Å². The van der Waals surface area contributed by atoms with Crippen LogP contribution in [-0.4, -0.2) is 32.4 Å². The summed E-state index contributed by atoms with van der Waals surface area (Å²) in [5, 5.41) is 15.2. The number of aromatic nitrogens is 4. The number of nitrogens with zero attached hydrogens (tertiary/aromatic N) is 4. The summed E-state index contributed by atoms with van der Waals surface area (Å²) in [5.74, 6) is 1.23. The number of ether oxygens (including phenoxy) is 2. The maximum atomic E-state index is 5.97. The molecule has 3 aromatic rings. The molecule has 0 radical (unpaired) electrons. The summed E-state index contributed by atoms with van der Waals surface area (Å²) in [7, 11) is 0. The van der Waals surface area contributed by atoms with Gasteiger partial charge in [-0.05, 0) is 68.0 Å². The van der Waals surface area contributed by atoms with Crippen LogP contribution in [0.15, 0.2) is 48.5 Å². The number of tetrazole rings is 1. The fourth-order valence-electron chi connectivity index (χ4n) is 2.45. The van der Waals surface area contributed by atoms with Crippen molar-refractivity contribution in [1.29, 1.82) is 0 Å². The Morgan fingerprint density at radius 2 is 1.79 bits per heavy atom. The molecule has 0 aliphatic carbocycles. The van der Waals surface area contributed by atoms with E-state index in [-0.39, 0.29) is 24.0 Å². The summed E-state index contributed by atoms with van der Waals surface area (Å²) >= 11 is 0. The van der Waals surface area contributed by atoms with Gasteiger partial charge in [0.25, 0.3) is 0 Å². The Balaban J connectivity index is 0.00000280. The summed E-state index contributed by atoms with van der Waals surface area (Å²) in [4.78, 5) is 0. The molecule has 7 nitrogen and oxygen atoms in total. The van der Waals surface area contributed by atoms with E-state index in [0.717, 1.165) is 17.8 Å². The Morgan fingerprint density at radius 1 is 1.04 bits per heavy atom. The predicted octanol–water partition coefficient (Wildman–Crippen LogP) is 4.16. The van der Waals surface area contributed by atoms with Gasteiger partial charge >= 0.3 is 6.01 Å². The molecule has 0 aliphatic rings. The van der Waals surface area contributed by atoms with E-state index in [2.05, 4.69) is 41.6 Å². The van der Waals surface area contributed by atoms with Crippen LogP contribution in [0.3, 0.4) is 0 Å². The van der Waals surface area contributed by atoms with Gasteiger partial charge < -0.3 is 14.8 Å². The van der Waals surface area contributed by atoms with Gasteiger partial charge in [-0.15, -0.1) is 12.4 Å². The van der Waals surface area contributed by atoms with E-state index in [1.807, 2.05) is 55.5 Å². The second kappa shape index (κ2) is 9.52. The Morgan fingerprint density at radius 3 is 2.46 bits per heavy atom. The zero-order valence-electron chi connectivity index (χ0n) is 16.5. The molecule has 0 atom stereocenters. The van der Waals surface area contributed by atoms with Crippen molar-refractivity contribution >= 4 is 12.4 Å². The smallest absolute Gasteiger partial charge is 0.346 e. The van der Waals surface area contributed by atoms with Crippen molar-refractivity contribution in [3.8, 4) is 23.2 Å². The van der Waals surface area contributed by atoms with Crippen LogP contribution in [0.2, 0.25) is 0 Å². The first kappa shape index (κ1) is 21.7. The van der Waals surface area contributed by atoms with Crippen molar-refractivity contribution in [3.05, 3.63) is 54.1 Å². The minimum atomic E-state index is 0. The third-order valence-electron chi connectivity index (χ3n) is 3.77. The van der Waals surface area contributed by atoms with Gasteiger partial charge in [-0.2, -0.15) is 4.68 Å². The van der Waals surface area contributed by atoms with Crippen LogP contribution < -0.4 is 14.8 Å². The Labute approximate surface area is 171 Å². The number of hydrogen-bond acceptors (Lipinski definition) is 6. The van der Waals surface area contributed by atoms with Gasteiger partial charge in [-0.1, -0.05) is 29.4 Å². The Hall–Kier alpha value is -2.64. The van der Waals surface area contributed by atoms with E-state index >= 15 is 0 Å². The van der Waals surface area contributed by atoms with Crippen molar-refractivity contribution < 1.29 is 9.47 Å². The molecule has 0 bridgehead atoms. The average Bonchev–Trinajstić information content (AvgIpc) is 3.10. The molecule has 0 spiro atoms. The van der Waals surface area contributed by atoms with Crippen molar-refractivity contribution in [2.24, 2.45) is 0 Å². The molecule has 0 saturated carbocycles. The van der Waals surface area contributed by atoms with Crippen LogP contribution in [0.25, 0.3) is 5.69 Å². The maximum Gasteiger partial charge on any atom is 0.346 e. The predicted molar refractivity (Wildman–Crippen MR) is 111 cm³/mol. The van der Waals surface area contributed by atoms with Gasteiger partial charge in [0.05, 0.1) is 12.3 Å². The molecule has 150 valence electrons. The third kappa shape index (κ3) is 5.68. The minimum Gasteiger partial charge on any atom is -0.490 e. The highest BCUT2D eigenvalue weighted by atomic mass is 35.5. The van der Waals surface area contributed by atoms with Gasteiger partial charge in [-0.3, -0.25) is 0 Å². The summed E-state index contributed by atoms with van der Waals surface area (Å²) in [6.45, 7) is 9.63. The average molecular weight is 404 g/mol. The van der Waals surface area contributed by atoms with E-state index in [1.54, 1.807) is 4.68 Å². The lowest BCUT2D eigenvalue weighted by Gasteiger charge is -2.21. The fourth-order valence-corrected chi connectivity index (χ4v) is 2.45. The summed E-state index contributed by atoms with van der Waals surface area (Å²) in [6, 6.07) is 15.7. The lowest BCUT2D eigenvalue weighted by Crippen LogP contribution is -2.35. The molecule has 28 heavy (non-hydrogen) atoms. The Kier molecular flexibility index (Phi) is 7.37. The number of rotatable bonds is 7. The monoisotopic (exact) mass is 403 g/mol. The summed E-state index contributed by atoms with van der Waals surface area (Å²) in [5.41, 5.74) is 1.98. The van der Waals surface area contributed by atoms with Crippen molar-refractivity contribution in [3.63, 3.8) is 0 Å². The molecule has 3 rings (SSSR count). The fraction of sp³-hybridized carbons (Fsp3) is 0.350. The van der Waals surface area contributed by atoms with Crippen LogP contribution in [0.1, 0.15) is 33.3 Å². The molecule has 0 fully saturated rings. The first-order valence-corrected chi connectivity index (χ1v) is 8.98. The summed E-state index contributed by atoms with van der Waals surface area (Å²) < 4.78 is 13.3. The highest BCUT2D eigenvalue weighted by molar-refractivity contribution is 5.85. The van der Waals surface area contributed by atoms with Crippen LogP contribution in [0.5, 0.6) is 17.5 Å². The molecular weight excluding hydrogens is 378 g/mol. The Bertz CT molecular complexity index is 878. The number of para-hydroxylation sites is 1. The molecule has 8 heteroatoms. The highest BCUT2D eigenvalue weighted by Crippen LogP contribution is 2.32. The third-order valence-corrected chi connectivity index (χ3v) is 3.77. The van der Waals surface area contributed by atoms with Crippen LogP contribution >= 0.6 is 12.4 Å². The minimum absolute atomic E-state index is 0. The molecule has 1 N–H and O–H groups in total. The SMILES string of the molecule is CCOc1cc(CNC(C)(C)C)ccc1Oc1nnnn1-c1ccccc1.Cl. The van der Waals surface area contributed by atoms with E-state index in [4.69, 9.17) is 9.47 Å². The molecule has 0 unspecified atom stereocenters. The zero-order chi connectivity index (χ0) is 19.3. The van der Waals surface area contributed by atoms with Gasteiger partial charge in [0, 0.05) is 12.1 Å². The number of benzene rings is 2. The van der Waals surface area contributed by atoms with Gasteiger partial charge in [0.2, 0.25) is 0 Å². The molecule has 2 aromatic carbocycles. The van der Waals surface area contributed by atoms with E-state index in [1.165, 1.54) is 0 Å². The van der Waals surface area contributed by atoms with Crippen molar-refractivity contribution in [2.45, 2.75) is 39.8 Å². The number of nitrogens with one attached hydrogen (secondary N) is 1. The van der Waals surface area contributed by atoms with E-state index < -0.39 is 0 Å². The molecular formula is C20H26ClN5O2. The standard InChI is InChI=1S/C20H25N5O2.ClH/c1-5-26-18-13-15(14-21-20(2,3)4)11-12-17(18)27-19-22-23-24-25(19)16-9-7-6-8-10-16;/h6-13,21H,5,14H2,1-4H3;1H. The van der Waals surface area contributed by atoms with Crippen molar-refractivity contribution in [2.75, 3.05) is 6.61 Å². The van der Waals surface area contributed by atoms with Gasteiger partial charge in [0.1, 0.15) is 0 Å². The van der Waals surface area contributed by atoms with E-state index in [9.17, 15) is 0 Å². The lowest BCUT2D eigenvalue weighted by atomic mass is 10.1. The molecule has 0 amide bonds. The largest absolute Gasteiger partial charge is 0.490 e. The zero-order valence-corrected chi connectivity index (χ0v) is 17.4. The molecule has 1 aromatic heterocycles. The highest BCUT2D eigenvalue weighted by Gasteiger charge is 2.15. The second-order valence-electron chi connectivity index (χ2n) is 7.13. The number of hydrogen-bond donors (Lipinski definition) is 1. The first-order chi connectivity index (χ1) is 13.0. The van der Waals surface area contributed by atoms with Crippen LogP contribution in [0.4, 0.5) is 0 Å². The second-order valence-corrected chi connectivity index (χ2v) is 7.13.